The number of ether oxygens (including phenoxy) is 4. The summed E-state index contributed by atoms with van der Waals surface area (Å²) in [4.78, 5) is 164. The largest absolute Gasteiger partial charge is 0.462 e. The molecule has 0 radical (unpaired) electrons. The predicted octanol–water partition coefficient (Wildman–Crippen LogP) is -0.282. The molecule has 11 amide bonds. The molecule has 0 aliphatic carbocycles. The van der Waals surface area contributed by atoms with Gasteiger partial charge in [-0.1, -0.05) is 52.7 Å². The number of rotatable bonds is 23. The number of aliphatic hydroxyl groups is 3. The van der Waals surface area contributed by atoms with Gasteiger partial charge in [-0.2, -0.15) is 0 Å². The van der Waals surface area contributed by atoms with Crippen molar-refractivity contribution in [3.05, 3.63) is 58.1 Å². The van der Waals surface area contributed by atoms with Gasteiger partial charge in [0.05, 0.1) is 18.8 Å². The van der Waals surface area contributed by atoms with Gasteiger partial charge in [0.25, 0.3) is 17.7 Å². The average molecular weight is 1350 g/mol. The minimum Gasteiger partial charge on any atom is -0.462 e. The second-order valence-corrected chi connectivity index (χ2v) is 26.3. The molecule has 2 aromatic rings. The van der Waals surface area contributed by atoms with Crippen LogP contribution in [-0.2, 0) is 63.8 Å². The number of primary amides is 1. The molecule has 6 aliphatic rings. The molecule has 6 aliphatic heterocycles. The third kappa shape index (κ3) is 19.3. The summed E-state index contributed by atoms with van der Waals surface area (Å²) in [6.07, 6.45) is -5.16. The summed E-state index contributed by atoms with van der Waals surface area (Å²) in [7, 11) is 4.91. The number of piperidine rings is 1. The number of hydrogen-bond acceptors (Lipinski definition) is 21. The Bertz CT molecular complexity index is 3070. The molecule has 3 fully saturated rings. The number of nitrogens with one attached hydrogen (secondary N) is 4. The zero-order valence-corrected chi connectivity index (χ0v) is 56.3. The number of nitrogens with zero attached hydrogens (tertiary/aromatic N) is 7. The lowest BCUT2D eigenvalue weighted by Gasteiger charge is -2.43. The molecule has 3 saturated heterocycles. The number of likely N-dealkylation sites (N-methyl/N-ethyl adjacent to an activating group) is 3. The maximum Gasteiger partial charge on any atom is 0.312 e. The quantitative estimate of drug-likeness (QED) is 0.0307. The summed E-state index contributed by atoms with van der Waals surface area (Å²) in [5, 5.41) is 45.7. The number of carbonyl (C=O) groups excluding carboxylic acids is 11. The number of likely N-dealkylation sites (tertiary alicyclic amines) is 1. The SMILES string of the molecule is CC[C@H](C)[C@H](NC(=O)[C@H]1CCCCN1C)C(=O)N(C)[C@H](C[C@@H](OC(C)=O)c1nc(C(=O)N(C)[C@H]2Cc3ccc(cc3)OC3OC(CO)C(O)C(O)C3OC(C)[C@@H](C(=O)N3CCN(C(=O)CCCN4C(=O)C=CC4=O)CC3)NC(=O)[C@H](CCCNC(N)=O)NC2=O)cs1)C(C)C. The van der Waals surface area contributed by atoms with Crippen LogP contribution in [0.1, 0.15) is 126 Å². The van der Waals surface area contributed by atoms with E-state index in [1.807, 2.05) is 39.6 Å². The standard InChI is InChI=1S/C64H94N12O18S/c1-10-36(4)51(69-57(85)43-16-11-12-25-71(43)7)61(88)72(8)44(35(2)3)32-46(92-38(6)78)59-68-42(34-95-59)60(87)73(9)45-31-39-18-20-40(21-19-39)93-63-55(54(83)53(82)47(33-77)94-63)91-37(5)52(70-56(84)41(67-58(45)86)15-13-24-66-64(65)90)62(89)75-29-27-74(28-30-75)48(79)17-14-26-76-49(80)22-23-50(76)81/h18-23,34-37,41,43-47,51-55,63,77,82-83H,10-17,24-33H2,1-9H3,(H,67,86)(H,69,85)(H,70,84)(H3,65,66,90)/t36-,37?,41-,43+,44+,45-,46+,47?,51-,52-,53?,54?,55?,63?/m0/s1. The molecule has 1 aromatic heterocycles. The monoisotopic (exact) mass is 1350 g/mol. The predicted molar refractivity (Wildman–Crippen MR) is 342 cm³/mol. The number of aromatic nitrogens is 1. The van der Waals surface area contributed by atoms with E-state index in [0.717, 1.165) is 52.7 Å². The molecule has 8 rings (SSSR count). The topological polar surface area (TPSA) is 392 Å². The van der Waals surface area contributed by atoms with E-state index >= 15 is 4.79 Å². The van der Waals surface area contributed by atoms with Crippen LogP contribution < -0.4 is 31.7 Å². The zero-order valence-electron chi connectivity index (χ0n) is 55.5. The first-order chi connectivity index (χ1) is 45.1. The van der Waals surface area contributed by atoms with Gasteiger partial charge >= 0.3 is 12.0 Å². The van der Waals surface area contributed by atoms with Crippen molar-refractivity contribution < 1.29 is 87.0 Å². The second kappa shape index (κ2) is 34.3. The zero-order chi connectivity index (χ0) is 69.5. The summed E-state index contributed by atoms with van der Waals surface area (Å²) >= 11 is 1.02. The van der Waals surface area contributed by atoms with Crippen LogP contribution in [0.25, 0.3) is 0 Å². The summed E-state index contributed by atoms with van der Waals surface area (Å²) in [5.74, 6) is -6.01. The number of esters is 1. The fourth-order valence-electron chi connectivity index (χ4n) is 12.4. The van der Waals surface area contributed by atoms with Crippen LogP contribution >= 0.6 is 11.3 Å². The Kier molecular flexibility index (Phi) is 27.0. The molecule has 14 atom stereocenters. The number of amides is 11. The van der Waals surface area contributed by atoms with Crippen molar-refractivity contribution in [2.45, 2.75) is 185 Å². The molecule has 524 valence electrons. The first-order valence-electron chi connectivity index (χ1n) is 32.6. The Morgan fingerprint density at radius 3 is 2.19 bits per heavy atom. The lowest BCUT2D eigenvalue weighted by molar-refractivity contribution is -0.295. The lowest BCUT2D eigenvalue weighted by Crippen LogP contribution is -2.65. The van der Waals surface area contributed by atoms with Crippen molar-refractivity contribution in [2.24, 2.45) is 17.6 Å². The highest BCUT2D eigenvalue weighted by atomic mass is 32.1. The van der Waals surface area contributed by atoms with Crippen molar-refractivity contribution in [3.63, 3.8) is 0 Å². The number of fused-ring (bicyclic) bond motifs is 11. The van der Waals surface area contributed by atoms with Crippen molar-refractivity contribution in [2.75, 3.05) is 73.6 Å². The van der Waals surface area contributed by atoms with E-state index in [2.05, 4.69) is 21.3 Å². The van der Waals surface area contributed by atoms with Crippen LogP contribution in [-0.4, -0.2) is 261 Å². The number of hydrogen-bond donors (Lipinski definition) is 8. The lowest BCUT2D eigenvalue weighted by atomic mass is 9.92. The van der Waals surface area contributed by atoms with Gasteiger partial charge in [0.2, 0.25) is 41.7 Å². The van der Waals surface area contributed by atoms with Crippen LogP contribution in [0.15, 0.2) is 41.8 Å². The molecule has 0 spiro atoms. The number of benzene rings is 1. The molecular weight excluding hydrogens is 1260 g/mol. The van der Waals surface area contributed by atoms with Gasteiger partial charge in [-0.25, -0.2) is 9.78 Å². The highest BCUT2D eigenvalue weighted by molar-refractivity contribution is 7.09. The van der Waals surface area contributed by atoms with Gasteiger partial charge in [-0.15, -0.1) is 11.3 Å². The van der Waals surface area contributed by atoms with Crippen LogP contribution in [0.2, 0.25) is 0 Å². The van der Waals surface area contributed by atoms with E-state index in [1.165, 1.54) is 48.2 Å². The minimum absolute atomic E-state index is 0.00123. The molecule has 30 nitrogen and oxygen atoms in total. The Morgan fingerprint density at radius 1 is 0.895 bits per heavy atom. The number of piperazine rings is 1. The number of carbonyl (C=O) groups is 11. The molecule has 9 N–H and O–H groups in total. The Morgan fingerprint density at radius 2 is 1.57 bits per heavy atom. The van der Waals surface area contributed by atoms with Crippen LogP contribution in [0.5, 0.6) is 5.75 Å². The van der Waals surface area contributed by atoms with Crippen molar-refractivity contribution in [3.8, 4) is 5.75 Å². The number of aliphatic hydroxyl groups excluding tert-OH is 3. The first-order valence-corrected chi connectivity index (χ1v) is 33.4. The van der Waals surface area contributed by atoms with Crippen LogP contribution in [0, 0.1) is 11.8 Å². The molecule has 2 bridgehead atoms. The third-order valence-electron chi connectivity index (χ3n) is 18.4. The molecule has 6 unspecified atom stereocenters. The summed E-state index contributed by atoms with van der Waals surface area (Å²) in [5.41, 5.74) is 5.70. The molecular formula is C64H94N12O18S. The maximum atomic E-state index is 15.1. The number of nitrogens with two attached hydrogens (primary N) is 1. The van der Waals surface area contributed by atoms with Gasteiger partial charge < -0.3 is 80.9 Å². The Labute approximate surface area is 556 Å². The number of thiazole rings is 1. The van der Waals surface area contributed by atoms with Gasteiger partial charge in [0, 0.05) is 103 Å². The smallest absolute Gasteiger partial charge is 0.312 e. The normalized spacial score (nSPS) is 25.8. The second-order valence-electron chi connectivity index (χ2n) is 25.4. The van der Waals surface area contributed by atoms with Crippen LogP contribution in [0.3, 0.4) is 0 Å². The van der Waals surface area contributed by atoms with Gasteiger partial charge in [0.1, 0.15) is 65.0 Å². The fraction of sp³-hybridized carbons (Fsp3) is 0.656. The molecule has 0 saturated carbocycles. The highest BCUT2D eigenvalue weighted by Crippen LogP contribution is 2.33. The highest BCUT2D eigenvalue weighted by Gasteiger charge is 2.49. The van der Waals surface area contributed by atoms with Crippen molar-refractivity contribution >= 4 is 76.5 Å². The van der Waals surface area contributed by atoms with Gasteiger partial charge in [-0.3, -0.25) is 57.7 Å². The molecule has 7 heterocycles. The number of imide groups is 1. The Hall–Kier alpha value is -7.68. The van der Waals surface area contributed by atoms with E-state index in [0.29, 0.717) is 18.4 Å². The van der Waals surface area contributed by atoms with E-state index in [-0.39, 0.29) is 130 Å². The fourth-order valence-corrected chi connectivity index (χ4v) is 13.3. The first kappa shape index (κ1) is 74.7. The molecule has 31 heteroatoms. The summed E-state index contributed by atoms with van der Waals surface area (Å²) < 4.78 is 24.5. The summed E-state index contributed by atoms with van der Waals surface area (Å²) in [6, 6.07) is -1.03. The number of urea groups is 1. The van der Waals surface area contributed by atoms with Crippen molar-refractivity contribution in [1.82, 2.24) is 55.7 Å². The van der Waals surface area contributed by atoms with Gasteiger partial charge in [-0.05, 0) is 82.2 Å². The maximum absolute atomic E-state index is 15.1. The third-order valence-corrected chi connectivity index (χ3v) is 19.3. The Balaban J connectivity index is 1.16. The van der Waals surface area contributed by atoms with E-state index in [1.54, 1.807) is 24.1 Å². The summed E-state index contributed by atoms with van der Waals surface area (Å²) in [6.45, 7) is 10.3. The molecule has 1 aromatic carbocycles. The van der Waals surface area contributed by atoms with E-state index in [4.69, 9.17) is 29.7 Å². The minimum atomic E-state index is -1.80. The van der Waals surface area contributed by atoms with Crippen LogP contribution in [0.4, 0.5) is 4.79 Å². The van der Waals surface area contributed by atoms with E-state index < -0.39 is 127 Å². The van der Waals surface area contributed by atoms with Crippen molar-refractivity contribution in [1.29, 1.82) is 0 Å². The average Bonchev–Trinajstić information content (AvgIpc) is 1.79. The molecule has 95 heavy (non-hydrogen) atoms. The van der Waals surface area contributed by atoms with E-state index in [9.17, 15) is 63.3 Å². The van der Waals surface area contributed by atoms with Gasteiger partial charge in [0.15, 0.2) is 6.10 Å².